The SMILES string of the molecule is CC(C(=O)OCc1cc2c(cc1Br)OCCO2)N1C(=O)c2ccccc2C1=O. The van der Waals surface area contributed by atoms with Crippen molar-refractivity contribution >= 4 is 33.7 Å². The largest absolute Gasteiger partial charge is 0.486 e. The fourth-order valence-electron chi connectivity index (χ4n) is 3.15. The number of fused-ring (bicyclic) bond motifs is 2. The second-order valence-corrected chi connectivity index (χ2v) is 7.25. The quantitative estimate of drug-likeness (QED) is 0.531. The Morgan fingerprint density at radius 3 is 2.29 bits per heavy atom. The summed E-state index contributed by atoms with van der Waals surface area (Å²) in [6.45, 7) is 2.36. The van der Waals surface area contributed by atoms with Gasteiger partial charge in [0.15, 0.2) is 11.5 Å². The van der Waals surface area contributed by atoms with E-state index in [2.05, 4.69) is 15.9 Å². The number of esters is 1. The lowest BCUT2D eigenvalue weighted by Crippen LogP contribution is -2.43. The topological polar surface area (TPSA) is 82.1 Å². The van der Waals surface area contributed by atoms with Crippen LogP contribution in [0.25, 0.3) is 0 Å². The van der Waals surface area contributed by atoms with Gasteiger partial charge in [0, 0.05) is 10.0 Å². The second kappa shape index (κ2) is 7.27. The number of imide groups is 1. The molecule has 2 aliphatic rings. The standard InChI is InChI=1S/C20H16BrNO6/c1-11(22-18(23)13-4-2-3-5-14(13)19(22)24)20(25)28-10-12-8-16-17(9-15(12)21)27-7-6-26-16/h2-5,8-9,11H,6-7,10H2,1H3. The van der Waals surface area contributed by atoms with Gasteiger partial charge in [0.25, 0.3) is 11.8 Å². The Kier molecular flexibility index (Phi) is 4.80. The summed E-state index contributed by atoms with van der Waals surface area (Å²) < 4.78 is 17.1. The number of ether oxygens (including phenoxy) is 3. The van der Waals surface area contributed by atoms with Gasteiger partial charge in [-0.2, -0.15) is 0 Å². The van der Waals surface area contributed by atoms with Gasteiger partial charge in [-0.05, 0) is 31.2 Å². The molecular formula is C20H16BrNO6. The minimum atomic E-state index is -1.04. The molecule has 0 spiro atoms. The average Bonchev–Trinajstić information content (AvgIpc) is 2.96. The smallest absolute Gasteiger partial charge is 0.329 e. The van der Waals surface area contributed by atoms with Crippen LogP contribution in [0.3, 0.4) is 0 Å². The molecule has 0 saturated carbocycles. The summed E-state index contributed by atoms with van der Waals surface area (Å²) in [5.74, 6) is -0.464. The van der Waals surface area contributed by atoms with Crippen LogP contribution in [-0.2, 0) is 16.1 Å². The maximum absolute atomic E-state index is 12.5. The van der Waals surface area contributed by atoms with Crippen LogP contribution < -0.4 is 9.47 Å². The van der Waals surface area contributed by atoms with E-state index in [0.717, 1.165) is 4.90 Å². The summed E-state index contributed by atoms with van der Waals surface area (Å²) >= 11 is 3.42. The van der Waals surface area contributed by atoms with E-state index < -0.39 is 23.8 Å². The molecule has 4 rings (SSSR count). The fourth-order valence-corrected chi connectivity index (χ4v) is 3.59. The first-order valence-electron chi connectivity index (χ1n) is 8.69. The lowest BCUT2D eigenvalue weighted by Gasteiger charge is -2.22. The van der Waals surface area contributed by atoms with Crippen LogP contribution in [0, 0.1) is 0 Å². The van der Waals surface area contributed by atoms with Gasteiger partial charge in [-0.15, -0.1) is 0 Å². The Labute approximate surface area is 169 Å². The number of hydrogen-bond donors (Lipinski definition) is 0. The lowest BCUT2D eigenvalue weighted by atomic mass is 10.1. The van der Waals surface area contributed by atoms with Gasteiger partial charge in [0.2, 0.25) is 0 Å². The molecule has 0 saturated heterocycles. The summed E-state index contributed by atoms with van der Waals surface area (Å²) in [5, 5.41) is 0. The zero-order valence-corrected chi connectivity index (χ0v) is 16.5. The van der Waals surface area contributed by atoms with Crippen LogP contribution in [0.5, 0.6) is 11.5 Å². The zero-order chi connectivity index (χ0) is 19.8. The molecule has 1 unspecified atom stereocenters. The van der Waals surface area contributed by atoms with Gasteiger partial charge < -0.3 is 14.2 Å². The highest BCUT2D eigenvalue weighted by Crippen LogP contribution is 2.36. The van der Waals surface area contributed by atoms with E-state index in [-0.39, 0.29) is 6.61 Å². The van der Waals surface area contributed by atoms with Crippen molar-refractivity contribution in [1.82, 2.24) is 4.90 Å². The number of rotatable bonds is 4. The Morgan fingerprint density at radius 2 is 1.68 bits per heavy atom. The molecule has 2 aromatic rings. The molecule has 0 aliphatic carbocycles. The zero-order valence-electron chi connectivity index (χ0n) is 14.9. The van der Waals surface area contributed by atoms with Crippen molar-refractivity contribution in [3.8, 4) is 11.5 Å². The minimum Gasteiger partial charge on any atom is -0.486 e. The van der Waals surface area contributed by atoms with E-state index in [1.165, 1.54) is 6.92 Å². The number of nitrogens with zero attached hydrogens (tertiary/aromatic N) is 1. The molecule has 2 amide bonds. The van der Waals surface area contributed by atoms with Crippen molar-refractivity contribution in [3.63, 3.8) is 0 Å². The molecule has 2 aliphatic heterocycles. The molecule has 0 fully saturated rings. The van der Waals surface area contributed by atoms with Gasteiger partial charge in [-0.25, -0.2) is 4.79 Å². The third-order valence-corrected chi connectivity index (χ3v) is 5.37. The molecule has 0 radical (unpaired) electrons. The lowest BCUT2D eigenvalue weighted by molar-refractivity contribution is -0.149. The van der Waals surface area contributed by atoms with E-state index in [0.29, 0.717) is 45.9 Å². The summed E-state index contributed by atoms with van der Waals surface area (Å²) in [6.07, 6.45) is 0. The second-order valence-electron chi connectivity index (χ2n) is 6.40. The molecule has 7 nitrogen and oxygen atoms in total. The average molecular weight is 446 g/mol. The Hall–Kier alpha value is -2.87. The fraction of sp³-hybridized carbons (Fsp3) is 0.250. The molecule has 28 heavy (non-hydrogen) atoms. The number of halogens is 1. The molecule has 2 heterocycles. The molecular weight excluding hydrogens is 430 g/mol. The first-order valence-corrected chi connectivity index (χ1v) is 9.48. The van der Waals surface area contributed by atoms with E-state index in [1.807, 2.05) is 0 Å². The monoisotopic (exact) mass is 445 g/mol. The number of hydrogen-bond acceptors (Lipinski definition) is 6. The van der Waals surface area contributed by atoms with Crippen molar-refractivity contribution in [2.24, 2.45) is 0 Å². The Balaban J connectivity index is 1.46. The highest BCUT2D eigenvalue weighted by atomic mass is 79.9. The molecule has 0 aromatic heterocycles. The van der Waals surface area contributed by atoms with E-state index in [4.69, 9.17) is 14.2 Å². The highest BCUT2D eigenvalue weighted by Gasteiger charge is 2.41. The van der Waals surface area contributed by atoms with Crippen molar-refractivity contribution in [3.05, 3.63) is 57.6 Å². The van der Waals surface area contributed by atoms with Gasteiger partial charge >= 0.3 is 5.97 Å². The van der Waals surface area contributed by atoms with Gasteiger partial charge in [-0.1, -0.05) is 28.1 Å². The van der Waals surface area contributed by atoms with Crippen LogP contribution in [0.4, 0.5) is 0 Å². The summed E-state index contributed by atoms with van der Waals surface area (Å²) in [5.41, 5.74) is 1.27. The van der Waals surface area contributed by atoms with Crippen LogP contribution >= 0.6 is 15.9 Å². The van der Waals surface area contributed by atoms with Crippen molar-refractivity contribution < 1.29 is 28.6 Å². The number of amides is 2. The van der Waals surface area contributed by atoms with Crippen LogP contribution in [0.2, 0.25) is 0 Å². The number of carbonyl (C=O) groups is 3. The minimum absolute atomic E-state index is 0.0381. The van der Waals surface area contributed by atoms with E-state index in [1.54, 1.807) is 36.4 Å². The summed E-state index contributed by atoms with van der Waals surface area (Å²) in [7, 11) is 0. The predicted octanol–water partition coefficient (Wildman–Crippen LogP) is 2.95. The van der Waals surface area contributed by atoms with Crippen LogP contribution in [-0.4, -0.2) is 41.9 Å². The molecule has 1 atom stereocenters. The van der Waals surface area contributed by atoms with Crippen LogP contribution in [0.15, 0.2) is 40.9 Å². The maximum Gasteiger partial charge on any atom is 0.329 e. The first kappa shape index (κ1) is 18.5. The Morgan fingerprint density at radius 1 is 1.11 bits per heavy atom. The third-order valence-electron chi connectivity index (χ3n) is 4.64. The summed E-state index contributed by atoms with van der Waals surface area (Å²) in [4.78, 5) is 38.4. The normalized spacial score (nSPS) is 16.0. The molecule has 0 N–H and O–H groups in total. The molecule has 0 bridgehead atoms. The highest BCUT2D eigenvalue weighted by molar-refractivity contribution is 9.10. The summed E-state index contributed by atoms with van der Waals surface area (Å²) in [6, 6.07) is 8.94. The molecule has 8 heteroatoms. The molecule has 2 aromatic carbocycles. The van der Waals surface area contributed by atoms with Gasteiger partial charge in [-0.3, -0.25) is 14.5 Å². The molecule has 144 valence electrons. The van der Waals surface area contributed by atoms with Crippen molar-refractivity contribution in [2.75, 3.05) is 13.2 Å². The number of benzene rings is 2. The Bertz CT molecular complexity index is 954. The van der Waals surface area contributed by atoms with Gasteiger partial charge in [0.1, 0.15) is 25.9 Å². The van der Waals surface area contributed by atoms with Crippen molar-refractivity contribution in [1.29, 1.82) is 0 Å². The van der Waals surface area contributed by atoms with Crippen molar-refractivity contribution in [2.45, 2.75) is 19.6 Å². The van der Waals surface area contributed by atoms with Gasteiger partial charge in [0.05, 0.1) is 11.1 Å². The third kappa shape index (κ3) is 3.13. The first-order chi connectivity index (χ1) is 13.5. The maximum atomic E-state index is 12.5. The van der Waals surface area contributed by atoms with E-state index >= 15 is 0 Å². The number of carbonyl (C=O) groups excluding carboxylic acids is 3. The van der Waals surface area contributed by atoms with Crippen LogP contribution in [0.1, 0.15) is 33.2 Å². The predicted molar refractivity (Wildman–Crippen MR) is 101 cm³/mol. The van der Waals surface area contributed by atoms with E-state index in [9.17, 15) is 14.4 Å².